The summed E-state index contributed by atoms with van der Waals surface area (Å²) in [6, 6.07) is 8.61. The molecule has 3 amide bonds. The lowest BCUT2D eigenvalue weighted by Crippen LogP contribution is -2.45. The van der Waals surface area contributed by atoms with Gasteiger partial charge in [-0.1, -0.05) is 17.7 Å². The van der Waals surface area contributed by atoms with E-state index in [1.54, 1.807) is 19.2 Å². The SMILES string of the molecule is CO[C@@H]1CC(C(=O)Nc2ccc3c(c2)CCN(C)C3C)N(C(=O)Nc2ccc(Cl)cn2)C1. The standard InChI is InChI=1S/C23H28ClN5O3/c1-14-19-6-5-17(10-15(19)8-9-28(14)2)26-22(30)20-11-18(32-3)13-29(20)23(31)27-21-7-4-16(24)12-25-21/h4-7,10,12,14,18,20H,8-9,11,13H2,1-3H3,(H,26,30)(H,25,27,31)/t14?,18-,20?/m1/s1. The number of hydrogen-bond donors (Lipinski definition) is 2. The number of likely N-dealkylation sites (N-methyl/N-ethyl adjacent to an activating group) is 1. The number of methoxy groups -OCH3 is 1. The fourth-order valence-electron chi connectivity index (χ4n) is 4.33. The first-order chi connectivity index (χ1) is 15.4. The van der Waals surface area contributed by atoms with Gasteiger partial charge in [0.1, 0.15) is 11.9 Å². The number of ether oxygens (including phenoxy) is 1. The van der Waals surface area contributed by atoms with Gasteiger partial charge in [-0.25, -0.2) is 9.78 Å². The summed E-state index contributed by atoms with van der Waals surface area (Å²) < 4.78 is 5.44. The molecule has 2 aromatic rings. The van der Waals surface area contributed by atoms with Crippen LogP contribution in [0.1, 0.15) is 30.5 Å². The molecule has 0 saturated carbocycles. The van der Waals surface area contributed by atoms with Gasteiger partial charge in [0, 0.05) is 44.5 Å². The number of nitrogens with zero attached hydrogens (tertiary/aromatic N) is 3. The van der Waals surface area contributed by atoms with Gasteiger partial charge in [-0.3, -0.25) is 15.0 Å². The summed E-state index contributed by atoms with van der Waals surface area (Å²) in [6.45, 7) is 3.49. The van der Waals surface area contributed by atoms with Crippen molar-refractivity contribution in [1.29, 1.82) is 0 Å². The average molecular weight is 458 g/mol. The number of benzene rings is 1. The molecule has 2 N–H and O–H groups in total. The van der Waals surface area contributed by atoms with Crippen molar-refractivity contribution in [1.82, 2.24) is 14.8 Å². The van der Waals surface area contributed by atoms with E-state index in [-0.39, 0.29) is 12.0 Å². The van der Waals surface area contributed by atoms with E-state index in [4.69, 9.17) is 16.3 Å². The third-order valence-corrected chi connectivity index (χ3v) is 6.60. The first-order valence-electron chi connectivity index (χ1n) is 10.7. The smallest absolute Gasteiger partial charge is 0.323 e. The third-order valence-electron chi connectivity index (χ3n) is 6.38. The van der Waals surface area contributed by atoms with Crippen LogP contribution in [0.2, 0.25) is 5.02 Å². The van der Waals surface area contributed by atoms with E-state index in [1.807, 2.05) is 12.1 Å². The molecule has 32 heavy (non-hydrogen) atoms. The molecular formula is C23H28ClN5O3. The summed E-state index contributed by atoms with van der Waals surface area (Å²) in [5, 5.41) is 6.21. The van der Waals surface area contributed by atoms with E-state index in [0.717, 1.165) is 18.7 Å². The maximum Gasteiger partial charge on any atom is 0.323 e. The van der Waals surface area contributed by atoms with Crippen molar-refractivity contribution in [3.05, 3.63) is 52.7 Å². The lowest BCUT2D eigenvalue weighted by atomic mass is 9.93. The summed E-state index contributed by atoms with van der Waals surface area (Å²) in [7, 11) is 3.71. The highest BCUT2D eigenvalue weighted by Crippen LogP contribution is 2.30. The van der Waals surface area contributed by atoms with Crippen molar-refractivity contribution in [3.8, 4) is 0 Å². The highest BCUT2D eigenvalue weighted by Gasteiger charge is 2.40. The van der Waals surface area contributed by atoms with Crippen molar-refractivity contribution < 1.29 is 14.3 Å². The van der Waals surface area contributed by atoms with E-state index in [1.165, 1.54) is 22.2 Å². The molecular weight excluding hydrogens is 430 g/mol. The molecule has 0 aliphatic carbocycles. The Balaban J connectivity index is 1.47. The molecule has 0 spiro atoms. The molecule has 3 atom stereocenters. The fraction of sp³-hybridized carbons (Fsp3) is 0.435. The number of urea groups is 1. The molecule has 0 radical (unpaired) electrons. The van der Waals surface area contributed by atoms with Crippen molar-refractivity contribution in [3.63, 3.8) is 0 Å². The predicted octanol–water partition coefficient (Wildman–Crippen LogP) is 3.54. The van der Waals surface area contributed by atoms with E-state index in [2.05, 4.69) is 40.6 Å². The Morgan fingerprint density at radius 2 is 2.03 bits per heavy atom. The van der Waals surface area contributed by atoms with Crippen LogP contribution in [0.4, 0.5) is 16.3 Å². The monoisotopic (exact) mass is 457 g/mol. The van der Waals surface area contributed by atoms with Gasteiger partial charge in [0.25, 0.3) is 0 Å². The second kappa shape index (κ2) is 9.44. The quantitative estimate of drug-likeness (QED) is 0.733. The number of anilines is 2. The first kappa shape index (κ1) is 22.5. The summed E-state index contributed by atoms with van der Waals surface area (Å²) in [6.07, 6.45) is 2.61. The van der Waals surface area contributed by atoms with E-state index < -0.39 is 12.1 Å². The number of rotatable bonds is 4. The van der Waals surface area contributed by atoms with Crippen LogP contribution in [0.3, 0.4) is 0 Å². The molecule has 170 valence electrons. The largest absolute Gasteiger partial charge is 0.380 e. The molecule has 8 nitrogen and oxygen atoms in total. The lowest BCUT2D eigenvalue weighted by molar-refractivity contribution is -0.119. The van der Waals surface area contributed by atoms with Crippen LogP contribution in [0.25, 0.3) is 0 Å². The summed E-state index contributed by atoms with van der Waals surface area (Å²) in [5.74, 6) is 0.137. The van der Waals surface area contributed by atoms with Gasteiger partial charge in [0.05, 0.1) is 11.1 Å². The van der Waals surface area contributed by atoms with Gasteiger partial charge in [-0.15, -0.1) is 0 Å². The van der Waals surface area contributed by atoms with Crippen LogP contribution < -0.4 is 10.6 Å². The number of hydrogen-bond acceptors (Lipinski definition) is 5. The van der Waals surface area contributed by atoms with Crippen LogP contribution in [0, 0.1) is 0 Å². The van der Waals surface area contributed by atoms with Gasteiger partial charge >= 0.3 is 6.03 Å². The van der Waals surface area contributed by atoms with E-state index >= 15 is 0 Å². The summed E-state index contributed by atoms with van der Waals surface area (Å²) >= 11 is 5.86. The Kier molecular flexibility index (Phi) is 6.64. The molecule has 1 fully saturated rings. The van der Waals surface area contributed by atoms with Gasteiger partial charge in [-0.2, -0.15) is 0 Å². The zero-order chi connectivity index (χ0) is 22.8. The number of amides is 3. The number of likely N-dealkylation sites (tertiary alicyclic amines) is 1. The minimum atomic E-state index is -0.645. The van der Waals surface area contributed by atoms with Crippen molar-refractivity contribution in [2.24, 2.45) is 0 Å². The molecule has 9 heteroatoms. The van der Waals surface area contributed by atoms with Gasteiger partial charge < -0.3 is 15.0 Å². The molecule has 3 heterocycles. The molecule has 1 aromatic heterocycles. The lowest BCUT2D eigenvalue weighted by Gasteiger charge is -2.32. The third kappa shape index (κ3) is 4.72. The van der Waals surface area contributed by atoms with Crippen molar-refractivity contribution >= 4 is 35.0 Å². The summed E-state index contributed by atoms with van der Waals surface area (Å²) in [4.78, 5) is 33.9. The van der Waals surface area contributed by atoms with Crippen LogP contribution >= 0.6 is 11.6 Å². The van der Waals surface area contributed by atoms with Crippen LogP contribution in [-0.4, -0.2) is 66.1 Å². The Labute approximate surface area is 192 Å². The molecule has 2 aliphatic rings. The molecule has 1 aromatic carbocycles. The molecule has 2 aliphatic heterocycles. The Morgan fingerprint density at radius 1 is 1.22 bits per heavy atom. The Morgan fingerprint density at radius 3 is 2.75 bits per heavy atom. The second-order valence-corrected chi connectivity index (χ2v) is 8.80. The number of halogens is 1. The van der Waals surface area contributed by atoms with Crippen LogP contribution in [-0.2, 0) is 16.0 Å². The minimum Gasteiger partial charge on any atom is -0.380 e. The topological polar surface area (TPSA) is 86.8 Å². The zero-order valence-corrected chi connectivity index (χ0v) is 19.2. The fourth-order valence-corrected chi connectivity index (χ4v) is 4.45. The average Bonchev–Trinajstić information content (AvgIpc) is 3.23. The van der Waals surface area contributed by atoms with E-state index in [9.17, 15) is 9.59 Å². The second-order valence-electron chi connectivity index (χ2n) is 8.36. The van der Waals surface area contributed by atoms with Gasteiger partial charge in [0.2, 0.25) is 5.91 Å². The Hall–Kier alpha value is -2.68. The highest BCUT2D eigenvalue weighted by molar-refractivity contribution is 6.30. The maximum absolute atomic E-state index is 13.1. The highest BCUT2D eigenvalue weighted by atomic mass is 35.5. The molecule has 2 unspecified atom stereocenters. The number of pyridine rings is 1. The maximum atomic E-state index is 13.1. The zero-order valence-electron chi connectivity index (χ0n) is 18.5. The van der Waals surface area contributed by atoms with Crippen LogP contribution in [0.15, 0.2) is 36.5 Å². The number of carbonyl (C=O) groups is 2. The van der Waals surface area contributed by atoms with Gasteiger partial charge in [0.15, 0.2) is 0 Å². The van der Waals surface area contributed by atoms with Crippen LogP contribution in [0.5, 0.6) is 0 Å². The van der Waals surface area contributed by atoms with E-state index in [0.29, 0.717) is 29.8 Å². The molecule has 4 rings (SSSR count). The number of fused-ring (bicyclic) bond motifs is 1. The number of nitrogens with one attached hydrogen (secondary N) is 2. The number of carbonyl (C=O) groups excluding carboxylic acids is 2. The minimum absolute atomic E-state index is 0.213. The molecule has 0 bridgehead atoms. The number of aromatic nitrogens is 1. The van der Waals surface area contributed by atoms with Crippen molar-refractivity contribution in [2.45, 2.75) is 38.0 Å². The van der Waals surface area contributed by atoms with Crippen molar-refractivity contribution in [2.75, 3.05) is 37.9 Å². The first-order valence-corrected chi connectivity index (χ1v) is 11.1. The normalized spacial score (nSPS) is 23.0. The van der Waals surface area contributed by atoms with Gasteiger partial charge in [-0.05, 0) is 55.8 Å². The summed E-state index contributed by atoms with van der Waals surface area (Å²) in [5.41, 5.74) is 3.28. The Bertz CT molecular complexity index is 1000. The molecule has 1 saturated heterocycles. The predicted molar refractivity (Wildman–Crippen MR) is 124 cm³/mol.